The highest BCUT2D eigenvalue weighted by Crippen LogP contribution is 2.49. The monoisotopic (exact) mass is 278 g/mol. The Morgan fingerprint density at radius 2 is 1.59 bits per heavy atom. The molecule has 0 atom stereocenters. The topological polar surface area (TPSA) is 44.8 Å². The van der Waals surface area contributed by atoms with Crippen LogP contribution in [0.2, 0.25) is 5.02 Å². The van der Waals surface area contributed by atoms with Crippen LogP contribution in [0, 0.1) is 0 Å². The van der Waals surface area contributed by atoms with Crippen LogP contribution in [0.15, 0.2) is 24.3 Å². The average molecular weight is 279 g/mol. The third-order valence-corrected chi connectivity index (χ3v) is 3.72. The summed E-state index contributed by atoms with van der Waals surface area (Å²) in [4.78, 5) is 0. The lowest BCUT2D eigenvalue weighted by atomic mass is 10.2. The van der Waals surface area contributed by atoms with Crippen LogP contribution in [0.4, 0.5) is 0 Å². The largest absolute Gasteiger partial charge is 0.475 e. The van der Waals surface area contributed by atoms with Crippen molar-refractivity contribution in [1.82, 2.24) is 0 Å². The smallest absolute Gasteiger partial charge is 0.287 e. The summed E-state index contributed by atoms with van der Waals surface area (Å²) in [5.41, 5.74) is 0.856. The summed E-state index contributed by atoms with van der Waals surface area (Å²) in [7, 11) is -3.43. The molecule has 0 N–H and O–H groups in total. The van der Waals surface area contributed by atoms with Crippen molar-refractivity contribution in [3.8, 4) is 0 Å². The predicted molar refractivity (Wildman–Crippen MR) is 67.1 cm³/mol. The molecule has 0 aliphatic carbocycles. The van der Waals surface area contributed by atoms with E-state index < -0.39 is 7.82 Å². The van der Waals surface area contributed by atoms with Gasteiger partial charge in [0, 0.05) is 5.02 Å². The molecule has 1 aromatic carbocycles. The minimum Gasteiger partial charge on any atom is -0.287 e. The second-order valence-electron chi connectivity index (χ2n) is 3.18. The van der Waals surface area contributed by atoms with Gasteiger partial charge in [-0.25, -0.2) is 4.57 Å². The maximum absolute atomic E-state index is 12.0. The molecule has 0 aliphatic heterocycles. The van der Waals surface area contributed by atoms with E-state index in [9.17, 15) is 4.57 Å². The summed E-state index contributed by atoms with van der Waals surface area (Å²) in [5, 5.41) is 0.645. The third kappa shape index (κ3) is 5.19. The standard InChI is InChI=1S/C11H16ClO4P/c1-3-14-17(13,15-4-2)16-9-10-5-7-11(12)8-6-10/h5-8H,3-4,9H2,1-2H3. The number of hydrogen-bond acceptors (Lipinski definition) is 4. The molecule has 0 heterocycles. The van der Waals surface area contributed by atoms with Crippen molar-refractivity contribution in [1.29, 1.82) is 0 Å². The summed E-state index contributed by atoms with van der Waals surface area (Å²) >= 11 is 5.76. The van der Waals surface area contributed by atoms with Crippen LogP contribution < -0.4 is 0 Å². The van der Waals surface area contributed by atoms with Gasteiger partial charge in [0.1, 0.15) is 0 Å². The summed E-state index contributed by atoms with van der Waals surface area (Å²) in [6, 6.07) is 7.08. The maximum atomic E-state index is 12.0. The molecule has 0 amide bonds. The van der Waals surface area contributed by atoms with Gasteiger partial charge in [-0.05, 0) is 31.5 Å². The van der Waals surface area contributed by atoms with Crippen LogP contribution in [0.3, 0.4) is 0 Å². The van der Waals surface area contributed by atoms with Crippen LogP contribution in [-0.4, -0.2) is 13.2 Å². The Kier molecular flexibility index (Phi) is 6.17. The first-order valence-electron chi connectivity index (χ1n) is 5.37. The van der Waals surface area contributed by atoms with Crippen molar-refractivity contribution >= 4 is 19.4 Å². The third-order valence-electron chi connectivity index (χ3n) is 1.88. The molecule has 6 heteroatoms. The van der Waals surface area contributed by atoms with Crippen molar-refractivity contribution in [2.45, 2.75) is 20.5 Å². The van der Waals surface area contributed by atoms with Gasteiger partial charge in [0.15, 0.2) is 0 Å². The second kappa shape index (κ2) is 7.14. The lowest BCUT2D eigenvalue weighted by Gasteiger charge is -2.16. The Morgan fingerprint density at radius 1 is 1.06 bits per heavy atom. The van der Waals surface area contributed by atoms with Crippen molar-refractivity contribution in [2.75, 3.05) is 13.2 Å². The summed E-state index contributed by atoms with van der Waals surface area (Å²) in [6.07, 6.45) is 0. The Morgan fingerprint density at radius 3 is 2.06 bits per heavy atom. The van der Waals surface area contributed by atoms with Gasteiger partial charge in [-0.2, -0.15) is 0 Å². The Bertz CT molecular complexity index is 370. The molecule has 0 spiro atoms. The van der Waals surface area contributed by atoms with Crippen molar-refractivity contribution < 1.29 is 18.1 Å². The fourth-order valence-electron chi connectivity index (χ4n) is 1.16. The zero-order valence-electron chi connectivity index (χ0n) is 9.89. The van der Waals surface area contributed by atoms with E-state index in [1.807, 2.05) is 0 Å². The molecule has 0 saturated carbocycles. The molecule has 4 nitrogen and oxygen atoms in total. The van der Waals surface area contributed by atoms with E-state index in [1.54, 1.807) is 38.1 Å². The molecule has 0 aliphatic rings. The quantitative estimate of drug-likeness (QED) is 0.706. The van der Waals surface area contributed by atoms with Gasteiger partial charge in [0.05, 0.1) is 19.8 Å². The molecule has 1 aromatic rings. The molecule has 0 radical (unpaired) electrons. The number of hydrogen-bond donors (Lipinski definition) is 0. The SMILES string of the molecule is CCOP(=O)(OCC)OCc1ccc(Cl)cc1. The molecule has 17 heavy (non-hydrogen) atoms. The van der Waals surface area contributed by atoms with E-state index in [-0.39, 0.29) is 19.8 Å². The lowest BCUT2D eigenvalue weighted by molar-refractivity contribution is 0.116. The zero-order valence-corrected chi connectivity index (χ0v) is 11.5. The summed E-state index contributed by atoms with van der Waals surface area (Å²) in [6.45, 7) is 4.18. The molecule has 0 unspecified atom stereocenters. The molecular weight excluding hydrogens is 263 g/mol. The highest BCUT2D eigenvalue weighted by atomic mass is 35.5. The zero-order chi connectivity index (χ0) is 12.7. The summed E-state index contributed by atoms with van der Waals surface area (Å²) < 4.78 is 27.2. The number of phosphoric acid groups is 1. The van der Waals surface area contributed by atoms with E-state index in [2.05, 4.69) is 0 Å². The fraction of sp³-hybridized carbons (Fsp3) is 0.455. The highest BCUT2D eigenvalue weighted by molar-refractivity contribution is 7.48. The highest BCUT2D eigenvalue weighted by Gasteiger charge is 2.25. The van der Waals surface area contributed by atoms with Crippen molar-refractivity contribution in [3.05, 3.63) is 34.9 Å². The number of phosphoric ester groups is 1. The van der Waals surface area contributed by atoms with Crippen molar-refractivity contribution in [3.63, 3.8) is 0 Å². The molecular formula is C11H16ClO4P. The normalized spacial score (nSPS) is 11.7. The van der Waals surface area contributed by atoms with E-state index in [1.165, 1.54) is 0 Å². The van der Waals surface area contributed by atoms with Gasteiger partial charge in [0.2, 0.25) is 0 Å². The van der Waals surface area contributed by atoms with Crippen LogP contribution in [0.1, 0.15) is 19.4 Å². The maximum Gasteiger partial charge on any atom is 0.475 e. The van der Waals surface area contributed by atoms with Gasteiger partial charge in [-0.1, -0.05) is 23.7 Å². The van der Waals surface area contributed by atoms with Crippen LogP contribution >= 0.6 is 19.4 Å². The van der Waals surface area contributed by atoms with E-state index >= 15 is 0 Å². The van der Waals surface area contributed by atoms with Gasteiger partial charge in [0.25, 0.3) is 0 Å². The minimum atomic E-state index is -3.43. The first-order chi connectivity index (χ1) is 8.09. The fourth-order valence-corrected chi connectivity index (χ4v) is 2.45. The Labute approximate surface area is 106 Å². The van der Waals surface area contributed by atoms with Crippen LogP contribution in [-0.2, 0) is 24.7 Å². The number of benzene rings is 1. The van der Waals surface area contributed by atoms with E-state index in [0.29, 0.717) is 5.02 Å². The number of halogens is 1. The second-order valence-corrected chi connectivity index (χ2v) is 5.29. The Hall–Kier alpha value is -0.380. The lowest BCUT2D eigenvalue weighted by Crippen LogP contribution is -2.00. The molecule has 0 aromatic heterocycles. The minimum absolute atomic E-state index is 0.161. The first kappa shape index (κ1) is 14.7. The van der Waals surface area contributed by atoms with Gasteiger partial charge in [-0.3, -0.25) is 13.6 Å². The average Bonchev–Trinajstić information content (AvgIpc) is 2.29. The van der Waals surface area contributed by atoms with E-state index in [0.717, 1.165) is 5.56 Å². The molecule has 0 fully saturated rings. The van der Waals surface area contributed by atoms with Gasteiger partial charge < -0.3 is 0 Å². The van der Waals surface area contributed by atoms with Crippen LogP contribution in [0.5, 0.6) is 0 Å². The Balaban J connectivity index is 2.57. The molecule has 0 saturated heterocycles. The molecule has 96 valence electrons. The van der Waals surface area contributed by atoms with E-state index in [4.69, 9.17) is 25.2 Å². The van der Waals surface area contributed by atoms with Gasteiger partial charge >= 0.3 is 7.82 Å². The first-order valence-corrected chi connectivity index (χ1v) is 7.21. The van der Waals surface area contributed by atoms with Crippen LogP contribution in [0.25, 0.3) is 0 Å². The molecule has 1 rings (SSSR count). The number of rotatable bonds is 7. The molecule has 0 bridgehead atoms. The summed E-state index contributed by atoms with van der Waals surface area (Å²) in [5.74, 6) is 0. The van der Waals surface area contributed by atoms with Gasteiger partial charge in [-0.15, -0.1) is 0 Å². The van der Waals surface area contributed by atoms with Crippen molar-refractivity contribution in [2.24, 2.45) is 0 Å². The predicted octanol–water partition coefficient (Wildman–Crippen LogP) is 4.04.